The monoisotopic (exact) mass is 188 g/mol. The Morgan fingerprint density at radius 1 is 1.50 bits per heavy atom. The molecule has 4 nitrogen and oxygen atoms in total. The van der Waals surface area contributed by atoms with Crippen molar-refractivity contribution in [3.05, 3.63) is 24.0 Å². The van der Waals surface area contributed by atoms with Gasteiger partial charge in [0.15, 0.2) is 5.65 Å². The Labute approximate surface area is 81.9 Å². The van der Waals surface area contributed by atoms with Crippen molar-refractivity contribution in [2.24, 2.45) is 7.05 Å². The number of fused-ring (bicyclic) bond motifs is 1. The lowest BCUT2D eigenvalue weighted by Gasteiger charge is -2.25. The summed E-state index contributed by atoms with van der Waals surface area (Å²) >= 11 is 0. The van der Waals surface area contributed by atoms with Crippen LogP contribution in [0.15, 0.2) is 18.3 Å². The molecule has 1 aliphatic heterocycles. The molecule has 0 radical (unpaired) electrons. The maximum atomic E-state index is 4.53. The van der Waals surface area contributed by atoms with E-state index in [2.05, 4.69) is 21.5 Å². The molecule has 0 spiro atoms. The highest BCUT2D eigenvalue weighted by molar-refractivity contribution is 5.78. The maximum Gasteiger partial charge on any atom is 0.157 e. The molecule has 2 aromatic heterocycles. The zero-order valence-electron chi connectivity index (χ0n) is 8.07. The Hall–Kier alpha value is -1.42. The Balaban J connectivity index is 2.23. The van der Waals surface area contributed by atoms with Crippen molar-refractivity contribution in [1.82, 2.24) is 20.1 Å². The lowest BCUT2D eigenvalue weighted by molar-refractivity contribution is 0.438. The number of nitrogens with one attached hydrogen (secondary N) is 1. The summed E-state index contributed by atoms with van der Waals surface area (Å²) in [5.41, 5.74) is 2.17. The Bertz CT molecular complexity index is 470. The summed E-state index contributed by atoms with van der Waals surface area (Å²) in [6.07, 6.45) is 1.81. The molecule has 1 fully saturated rings. The summed E-state index contributed by atoms with van der Waals surface area (Å²) in [5.74, 6) is 0.572. The molecule has 0 unspecified atom stereocenters. The van der Waals surface area contributed by atoms with Gasteiger partial charge in [0.2, 0.25) is 0 Å². The van der Waals surface area contributed by atoms with E-state index in [1.165, 1.54) is 11.1 Å². The normalized spacial score (nSPS) is 17.2. The van der Waals surface area contributed by atoms with Gasteiger partial charge in [0, 0.05) is 37.6 Å². The fraction of sp³-hybridized carbons (Fsp3) is 0.400. The zero-order chi connectivity index (χ0) is 9.54. The third kappa shape index (κ3) is 0.974. The molecular weight excluding hydrogens is 176 g/mol. The highest BCUT2D eigenvalue weighted by Crippen LogP contribution is 2.25. The fourth-order valence-corrected chi connectivity index (χ4v) is 1.90. The van der Waals surface area contributed by atoms with E-state index < -0.39 is 0 Å². The minimum Gasteiger partial charge on any atom is -0.315 e. The van der Waals surface area contributed by atoms with E-state index in [1.807, 2.05) is 24.0 Å². The van der Waals surface area contributed by atoms with Gasteiger partial charge in [0.1, 0.15) is 0 Å². The number of hydrogen-bond donors (Lipinski definition) is 1. The van der Waals surface area contributed by atoms with Crippen LogP contribution >= 0.6 is 0 Å². The molecule has 0 saturated carbocycles. The molecule has 3 heterocycles. The highest BCUT2D eigenvalue weighted by Gasteiger charge is 2.24. The van der Waals surface area contributed by atoms with Crippen LogP contribution < -0.4 is 5.32 Å². The van der Waals surface area contributed by atoms with Crippen LogP contribution in [0, 0.1) is 0 Å². The second kappa shape index (κ2) is 2.78. The van der Waals surface area contributed by atoms with Crippen molar-refractivity contribution < 1.29 is 0 Å². The van der Waals surface area contributed by atoms with Gasteiger partial charge in [-0.2, -0.15) is 5.10 Å². The molecule has 0 aliphatic carbocycles. The molecule has 1 N–H and O–H groups in total. The average molecular weight is 188 g/mol. The predicted octanol–water partition coefficient (Wildman–Crippen LogP) is 0.655. The number of pyridine rings is 1. The summed E-state index contributed by atoms with van der Waals surface area (Å²) in [6, 6.07) is 4.07. The van der Waals surface area contributed by atoms with Crippen LogP contribution in [-0.2, 0) is 7.05 Å². The van der Waals surface area contributed by atoms with Crippen LogP contribution in [0.25, 0.3) is 11.0 Å². The van der Waals surface area contributed by atoms with Crippen molar-refractivity contribution in [3.63, 3.8) is 0 Å². The number of rotatable bonds is 1. The summed E-state index contributed by atoms with van der Waals surface area (Å²) < 4.78 is 1.86. The molecule has 0 bridgehead atoms. The SMILES string of the molecule is Cn1nc(C2CNC2)c2cccnc21. The maximum absolute atomic E-state index is 4.53. The van der Waals surface area contributed by atoms with Gasteiger partial charge >= 0.3 is 0 Å². The number of aromatic nitrogens is 3. The van der Waals surface area contributed by atoms with Crippen molar-refractivity contribution in [2.45, 2.75) is 5.92 Å². The molecule has 4 heteroatoms. The second-order valence-electron chi connectivity index (χ2n) is 3.74. The first-order valence-corrected chi connectivity index (χ1v) is 4.84. The van der Waals surface area contributed by atoms with Crippen molar-refractivity contribution in [1.29, 1.82) is 0 Å². The van der Waals surface area contributed by atoms with Crippen LogP contribution in [0.5, 0.6) is 0 Å². The highest BCUT2D eigenvalue weighted by atomic mass is 15.3. The van der Waals surface area contributed by atoms with Crippen LogP contribution in [0.3, 0.4) is 0 Å². The van der Waals surface area contributed by atoms with E-state index in [0.29, 0.717) is 5.92 Å². The molecule has 0 atom stereocenters. The van der Waals surface area contributed by atoms with Crippen molar-refractivity contribution in [3.8, 4) is 0 Å². The summed E-state index contributed by atoms with van der Waals surface area (Å²) in [7, 11) is 1.95. The van der Waals surface area contributed by atoms with Gasteiger partial charge < -0.3 is 5.32 Å². The third-order valence-corrected chi connectivity index (χ3v) is 2.80. The zero-order valence-corrected chi connectivity index (χ0v) is 8.07. The quantitative estimate of drug-likeness (QED) is 0.714. The Kier molecular flexibility index (Phi) is 1.58. The van der Waals surface area contributed by atoms with E-state index in [9.17, 15) is 0 Å². The largest absolute Gasteiger partial charge is 0.315 e. The van der Waals surface area contributed by atoms with E-state index in [1.54, 1.807) is 0 Å². The van der Waals surface area contributed by atoms with Crippen molar-refractivity contribution >= 4 is 11.0 Å². The molecule has 14 heavy (non-hydrogen) atoms. The first kappa shape index (κ1) is 7.94. The van der Waals surface area contributed by atoms with Crippen LogP contribution in [0.4, 0.5) is 0 Å². The van der Waals surface area contributed by atoms with Crippen LogP contribution in [0.1, 0.15) is 11.6 Å². The fourth-order valence-electron chi connectivity index (χ4n) is 1.90. The third-order valence-electron chi connectivity index (χ3n) is 2.80. The minimum absolute atomic E-state index is 0.572. The molecule has 3 rings (SSSR count). The van der Waals surface area contributed by atoms with E-state index in [4.69, 9.17) is 0 Å². The van der Waals surface area contributed by atoms with Crippen LogP contribution in [-0.4, -0.2) is 27.9 Å². The molecule has 72 valence electrons. The summed E-state index contributed by atoms with van der Waals surface area (Å²) in [5, 5.41) is 8.99. The van der Waals surface area contributed by atoms with Gasteiger partial charge in [-0.25, -0.2) is 4.98 Å². The van der Waals surface area contributed by atoms with Gasteiger partial charge in [-0.15, -0.1) is 0 Å². The lowest BCUT2D eigenvalue weighted by atomic mass is 9.97. The topological polar surface area (TPSA) is 42.7 Å². The molecule has 1 saturated heterocycles. The van der Waals surface area contributed by atoms with Gasteiger partial charge in [0.05, 0.1) is 5.69 Å². The summed E-state index contributed by atoms with van der Waals surface area (Å²) in [4.78, 5) is 4.32. The van der Waals surface area contributed by atoms with Gasteiger partial charge in [-0.05, 0) is 12.1 Å². The standard InChI is InChI=1S/C10H12N4/c1-14-10-8(3-2-4-12-10)9(13-14)7-5-11-6-7/h2-4,7,11H,5-6H2,1H3. The summed E-state index contributed by atoms with van der Waals surface area (Å²) in [6.45, 7) is 2.09. The number of nitrogens with zero attached hydrogens (tertiary/aromatic N) is 3. The number of hydrogen-bond acceptors (Lipinski definition) is 3. The predicted molar refractivity (Wildman–Crippen MR) is 54.1 cm³/mol. The van der Waals surface area contributed by atoms with Crippen molar-refractivity contribution in [2.75, 3.05) is 13.1 Å². The molecule has 0 amide bonds. The van der Waals surface area contributed by atoms with E-state index in [0.717, 1.165) is 18.7 Å². The molecule has 2 aromatic rings. The van der Waals surface area contributed by atoms with Gasteiger partial charge in [-0.3, -0.25) is 4.68 Å². The van der Waals surface area contributed by atoms with Gasteiger partial charge in [-0.1, -0.05) is 0 Å². The van der Waals surface area contributed by atoms with Crippen LogP contribution in [0.2, 0.25) is 0 Å². The average Bonchev–Trinajstić information content (AvgIpc) is 2.43. The van der Waals surface area contributed by atoms with Gasteiger partial charge in [0.25, 0.3) is 0 Å². The lowest BCUT2D eigenvalue weighted by Crippen LogP contribution is -2.40. The number of aryl methyl sites for hydroxylation is 1. The minimum atomic E-state index is 0.572. The smallest absolute Gasteiger partial charge is 0.157 e. The Morgan fingerprint density at radius 2 is 2.36 bits per heavy atom. The second-order valence-corrected chi connectivity index (χ2v) is 3.74. The van der Waals surface area contributed by atoms with E-state index in [-0.39, 0.29) is 0 Å². The molecule has 1 aliphatic rings. The first-order valence-electron chi connectivity index (χ1n) is 4.84. The molecule has 0 aromatic carbocycles. The first-order chi connectivity index (χ1) is 6.86. The van der Waals surface area contributed by atoms with E-state index >= 15 is 0 Å². The molecular formula is C10H12N4. The Morgan fingerprint density at radius 3 is 3.07 bits per heavy atom.